The van der Waals surface area contributed by atoms with Gasteiger partial charge in [0, 0.05) is 31.2 Å². The minimum atomic E-state index is -3.77. The maximum atomic E-state index is 12.7. The smallest absolute Gasteiger partial charge is 0.253 e. The van der Waals surface area contributed by atoms with Gasteiger partial charge in [0.1, 0.15) is 4.90 Å². The molecule has 1 aliphatic heterocycles. The topological polar surface area (TPSA) is 78.5 Å². The molecule has 6 nitrogen and oxygen atoms in total. The van der Waals surface area contributed by atoms with Crippen molar-refractivity contribution in [2.45, 2.75) is 61.5 Å². The number of sulfonamides is 1. The molecule has 1 heterocycles. The number of hydrogen-bond donors (Lipinski definition) is 2. The fourth-order valence-electron chi connectivity index (χ4n) is 3.50. The van der Waals surface area contributed by atoms with Crippen molar-refractivity contribution in [2.24, 2.45) is 0 Å². The molecule has 2 saturated carbocycles. The van der Waals surface area contributed by atoms with Crippen LogP contribution in [-0.4, -0.2) is 50.4 Å². The molecule has 2 N–H and O–H groups in total. The summed E-state index contributed by atoms with van der Waals surface area (Å²) in [7, 11) is -3.77. The highest BCUT2D eigenvalue weighted by Crippen LogP contribution is 2.32. The van der Waals surface area contributed by atoms with Crippen molar-refractivity contribution in [3.63, 3.8) is 0 Å². The second-order valence-electron chi connectivity index (χ2n) is 7.67. The minimum absolute atomic E-state index is 0.0161. The van der Waals surface area contributed by atoms with Gasteiger partial charge in [0.05, 0.1) is 15.6 Å². The maximum Gasteiger partial charge on any atom is 0.253 e. The summed E-state index contributed by atoms with van der Waals surface area (Å²) in [5.74, 6) is -0.357. The lowest BCUT2D eigenvalue weighted by Gasteiger charge is -2.32. The second-order valence-corrected chi connectivity index (χ2v) is 10.2. The Morgan fingerprint density at radius 2 is 1.63 bits per heavy atom. The largest absolute Gasteiger partial charge is 0.349 e. The van der Waals surface area contributed by atoms with Crippen molar-refractivity contribution in [3.8, 4) is 0 Å². The van der Waals surface area contributed by atoms with Crippen molar-refractivity contribution >= 4 is 39.1 Å². The molecule has 0 spiro atoms. The van der Waals surface area contributed by atoms with Crippen LogP contribution in [0.5, 0.6) is 0 Å². The Hall–Kier alpha value is -0.860. The van der Waals surface area contributed by atoms with E-state index in [1.165, 1.54) is 25.0 Å². The van der Waals surface area contributed by atoms with Crippen LogP contribution in [0, 0.1) is 0 Å². The minimum Gasteiger partial charge on any atom is -0.349 e. The Kier molecular flexibility index (Phi) is 5.42. The van der Waals surface area contributed by atoms with Gasteiger partial charge in [0.15, 0.2) is 0 Å². The standard InChI is InChI=1S/C18H23Cl2N3O3S/c19-15-10-16(20)17(27(25,26)22-12-1-2-12)9-14(15)18(24)21-11-5-7-23(8-6-11)13-3-4-13/h9-13,22H,1-8H2,(H,21,24). The molecule has 0 bridgehead atoms. The van der Waals surface area contributed by atoms with Crippen molar-refractivity contribution in [1.82, 2.24) is 14.9 Å². The van der Waals surface area contributed by atoms with Gasteiger partial charge in [-0.2, -0.15) is 0 Å². The Balaban J connectivity index is 1.47. The van der Waals surface area contributed by atoms with E-state index in [-0.39, 0.29) is 38.5 Å². The Bertz CT molecular complexity index is 846. The van der Waals surface area contributed by atoms with Crippen LogP contribution in [-0.2, 0) is 10.0 Å². The highest BCUT2D eigenvalue weighted by atomic mass is 35.5. The quantitative estimate of drug-likeness (QED) is 0.725. The molecule has 9 heteroatoms. The van der Waals surface area contributed by atoms with E-state index < -0.39 is 10.0 Å². The fraction of sp³-hybridized carbons (Fsp3) is 0.611. The summed E-state index contributed by atoms with van der Waals surface area (Å²) >= 11 is 12.3. The fourth-order valence-corrected chi connectivity index (χ4v) is 5.67. The lowest BCUT2D eigenvalue weighted by molar-refractivity contribution is 0.0909. The molecule has 1 aromatic rings. The van der Waals surface area contributed by atoms with Gasteiger partial charge in [-0.05, 0) is 50.7 Å². The van der Waals surface area contributed by atoms with Crippen LogP contribution in [0.3, 0.4) is 0 Å². The third-order valence-corrected chi connectivity index (χ3v) is 7.68. The van der Waals surface area contributed by atoms with E-state index in [1.807, 2.05) is 0 Å². The van der Waals surface area contributed by atoms with Gasteiger partial charge in [-0.15, -0.1) is 0 Å². The maximum absolute atomic E-state index is 12.7. The number of amides is 1. The van der Waals surface area contributed by atoms with Crippen molar-refractivity contribution < 1.29 is 13.2 Å². The average molecular weight is 432 g/mol. The molecule has 148 valence electrons. The first-order valence-electron chi connectivity index (χ1n) is 9.40. The molecule has 27 heavy (non-hydrogen) atoms. The summed E-state index contributed by atoms with van der Waals surface area (Å²) in [5.41, 5.74) is 0.141. The van der Waals surface area contributed by atoms with Crippen LogP contribution in [0.15, 0.2) is 17.0 Å². The van der Waals surface area contributed by atoms with Crippen molar-refractivity contribution in [1.29, 1.82) is 0 Å². The predicted octanol–water partition coefficient (Wildman–Crippen LogP) is 2.79. The highest BCUT2D eigenvalue weighted by molar-refractivity contribution is 7.89. The van der Waals surface area contributed by atoms with Gasteiger partial charge in [-0.25, -0.2) is 13.1 Å². The average Bonchev–Trinajstić information content (AvgIpc) is 3.49. The molecule has 0 aromatic heterocycles. The normalized spacial score (nSPS) is 22.0. The Morgan fingerprint density at radius 3 is 2.22 bits per heavy atom. The number of rotatable bonds is 6. The monoisotopic (exact) mass is 431 g/mol. The number of carbonyl (C=O) groups excluding carboxylic acids is 1. The zero-order chi connectivity index (χ0) is 19.2. The van der Waals surface area contributed by atoms with E-state index in [9.17, 15) is 13.2 Å². The van der Waals surface area contributed by atoms with Crippen LogP contribution >= 0.6 is 23.2 Å². The first-order chi connectivity index (χ1) is 12.8. The van der Waals surface area contributed by atoms with E-state index in [0.717, 1.165) is 44.8 Å². The van der Waals surface area contributed by atoms with Gasteiger partial charge in [0.25, 0.3) is 5.91 Å². The van der Waals surface area contributed by atoms with E-state index in [0.29, 0.717) is 0 Å². The van der Waals surface area contributed by atoms with Crippen LogP contribution in [0.4, 0.5) is 0 Å². The molecule has 0 radical (unpaired) electrons. The molecule has 1 saturated heterocycles. The summed E-state index contributed by atoms with van der Waals surface area (Å²) in [6.07, 6.45) is 5.98. The van der Waals surface area contributed by atoms with Gasteiger partial charge in [-0.1, -0.05) is 23.2 Å². The Labute approximate surface area is 169 Å². The molecule has 1 amide bonds. The highest BCUT2D eigenvalue weighted by Gasteiger charge is 2.33. The number of nitrogens with zero attached hydrogens (tertiary/aromatic N) is 1. The summed E-state index contributed by atoms with van der Waals surface area (Å²) in [5, 5.41) is 3.17. The first kappa shape index (κ1) is 19.5. The summed E-state index contributed by atoms with van der Waals surface area (Å²) in [6.45, 7) is 1.96. The van der Waals surface area contributed by atoms with E-state index in [2.05, 4.69) is 14.9 Å². The zero-order valence-corrected chi connectivity index (χ0v) is 17.2. The van der Waals surface area contributed by atoms with Gasteiger partial charge < -0.3 is 10.2 Å². The van der Waals surface area contributed by atoms with Gasteiger partial charge >= 0.3 is 0 Å². The number of benzene rings is 1. The number of nitrogens with one attached hydrogen (secondary N) is 2. The van der Waals surface area contributed by atoms with Crippen LogP contribution < -0.4 is 10.0 Å². The number of halogens is 2. The molecule has 1 aromatic carbocycles. The molecular formula is C18H23Cl2N3O3S. The van der Waals surface area contributed by atoms with Gasteiger partial charge in [-0.3, -0.25) is 4.79 Å². The van der Waals surface area contributed by atoms with Gasteiger partial charge in [0.2, 0.25) is 10.0 Å². The number of hydrogen-bond acceptors (Lipinski definition) is 4. The van der Waals surface area contributed by atoms with Crippen LogP contribution in [0.25, 0.3) is 0 Å². The molecular weight excluding hydrogens is 409 g/mol. The second kappa shape index (κ2) is 7.52. The predicted molar refractivity (Wildman–Crippen MR) is 105 cm³/mol. The number of carbonyl (C=O) groups is 1. The van der Waals surface area contributed by atoms with E-state index in [1.54, 1.807) is 0 Å². The van der Waals surface area contributed by atoms with E-state index >= 15 is 0 Å². The summed E-state index contributed by atoms with van der Waals surface area (Å²) < 4.78 is 27.6. The van der Waals surface area contributed by atoms with E-state index in [4.69, 9.17) is 23.2 Å². The summed E-state index contributed by atoms with van der Waals surface area (Å²) in [6, 6.07) is 3.37. The SMILES string of the molecule is O=C(NC1CCN(C2CC2)CC1)c1cc(S(=O)(=O)NC2CC2)c(Cl)cc1Cl. The molecule has 3 fully saturated rings. The zero-order valence-electron chi connectivity index (χ0n) is 14.9. The molecule has 2 aliphatic carbocycles. The van der Waals surface area contributed by atoms with Crippen LogP contribution in [0.2, 0.25) is 10.0 Å². The number of likely N-dealkylation sites (tertiary alicyclic amines) is 1. The lowest BCUT2D eigenvalue weighted by atomic mass is 10.0. The summed E-state index contributed by atoms with van der Waals surface area (Å²) in [4.78, 5) is 15.1. The third-order valence-electron chi connectivity index (χ3n) is 5.38. The van der Waals surface area contributed by atoms with Crippen LogP contribution in [0.1, 0.15) is 48.9 Å². The van der Waals surface area contributed by atoms with Crippen molar-refractivity contribution in [3.05, 3.63) is 27.7 Å². The lowest BCUT2D eigenvalue weighted by Crippen LogP contribution is -2.45. The number of piperidine rings is 1. The first-order valence-corrected chi connectivity index (χ1v) is 11.6. The molecule has 0 unspecified atom stereocenters. The molecule has 3 aliphatic rings. The molecule has 0 atom stereocenters. The van der Waals surface area contributed by atoms with Crippen molar-refractivity contribution in [2.75, 3.05) is 13.1 Å². The Morgan fingerprint density at radius 1 is 0.963 bits per heavy atom. The third kappa shape index (κ3) is 4.59. The molecule has 4 rings (SSSR count).